The first-order valence-corrected chi connectivity index (χ1v) is 26.7. The molecule has 0 aliphatic carbocycles. The topological polar surface area (TPSA) is 242 Å². The van der Waals surface area contributed by atoms with E-state index in [1.807, 2.05) is 42.5 Å². The predicted molar refractivity (Wildman–Crippen MR) is 267 cm³/mol. The van der Waals surface area contributed by atoms with Crippen LogP contribution in [0.3, 0.4) is 0 Å². The minimum absolute atomic E-state index is 0.0447. The van der Waals surface area contributed by atoms with Crippen molar-refractivity contribution in [2.24, 2.45) is 12.5 Å². The van der Waals surface area contributed by atoms with Gasteiger partial charge in [0, 0.05) is 68.7 Å². The summed E-state index contributed by atoms with van der Waals surface area (Å²) in [4.78, 5) is 121. The van der Waals surface area contributed by atoms with E-state index in [4.69, 9.17) is 9.47 Å². The molecule has 20 nitrogen and oxygen atoms in total. The van der Waals surface area contributed by atoms with Crippen LogP contribution in [0.5, 0.6) is 0 Å². The Bertz CT molecular complexity index is 3140. The number of hydrogen-bond donors (Lipinski definition) is 4. The normalized spacial score (nSPS) is 21.6. The Kier molecular flexibility index (Phi) is 14.5. The Morgan fingerprint density at radius 3 is 2.32 bits per heavy atom. The molecule has 394 valence electrons. The molecule has 4 aliphatic rings. The van der Waals surface area contributed by atoms with E-state index in [0.717, 1.165) is 34.7 Å². The molecule has 74 heavy (non-hydrogen) atoms. The highest BCUT2D eigenvalue weighted by Gasteiger charge is 2.51. The fourth-order valence-electron chi connectivity index (χ4n) is 10.2. The molecule has 0 bridgehead atoms. The highest BCUT2D eigenvalue weighted by Crippen LogP contribution is 2.59. The third-order valence-corrected chi connectivity index (χ3v) is 16.4. The summed E-state index contributed by atoms with van der Waals surface area (Å²) in [6.07, 6.45) is -0.843. The van der Waals surface area contributed by atoms with Crippen LogP contribution in [0.1, 0.15) is 73.0 Å². The maximum absolute atomic E-state index is 14.9. The number of fused-ring (bicyclic) bond motifs is 2. The number of piperidine rings is 1. The lowest BCUT2D eigenvalue weighted by Gasteiger charge is -2.40. The summed E-state index contributed by atoms with van der Waals surface area (Å²) in [6, 6.07) is 16.0. The standard InChI is InChI=1S/C50H57F2N8O12PS/c1-49(2,3)43(54-45(64)39-25-30-24-31(10-14-38(30)74-39)50(51,52)73(68,69)70)47(66)59-17-16-36(42(59)46(65)58-22-23-71-37(27-58)29-8-6-5-7-9-29)72-28-41(62)57-20-18-56(19-21-57)32-11-12-33-35(26-32)55(4)48(67)60(33)34-13-15-40(61)53-44(34)63/h5-12,14,24-26,34,36-37,42-43H,13,15-23,27-28H2,1-4H3,(H,54,64)(H,53,61,63)(H2,68,69,70)/t34?,36-,37+,42+,43-/m1/s1. The maximum Gasteiger partial charge on any atom is 0.399 e. The number of hydrogen-bond acceptors (Lipinski definition) is 12. The number of amides is 6. The number of carbonyl (C=O) groups is 6. The molecule has 0 spiro atoms. The van der Waals surface area contributed by atoms with Crippen molar-refractivity contribution in [3.8, 4) is 0 Å². The monoisotopic (exact) mass is 1060 g/mol. The minimum Gasteiger partial charge on any atom is -0.370 e. The molecule has 9 rings (SSSR count). The van der Waals surface area contributed by atoms with Crippen molar-refractivity contribution in [2.75, 3.05) is 63.9 Å². The number of imidazole rings is 1. The summed E-state index contributed by atoms with van der Waals surface area (Å²) in [5, 5.41) is 5.27. The zero-order valence-corrected chi connectivity index (χ0v) is 42.8. The van der Waals surface area contributed by atoms with Gasteiger partial charge in [0.05, 0.1) is 35.2 Å². The van der Waals surface area contributed by atoms with Crippen molar-refractivity contribution in [3.63, 3.8) is 0 Å². The van der Waals surface area contributed by atoms with E-state index >= 15 is 0 Å². The minimum atomic E-state index is -5.86. The molecule has 6 amide bonds. The lowest BCUT2D eigenvalue weighted by Crippen LogP contribution is -2.60. The molecule has 4 aliphatic heterocycles. The van der Waals surface area contributed by atoms with Crippen LogP contribution in [0.4, 0.5) is 14.5 Å². The molecule has 4 saturated heterocycles. The smallest absolute Gasteiger partial charge is 0.370 e. The van der Waals surface area contributed by atoms with E-state index in [1.165, 1.54) is 26.2 Å². The predicted octanol–water partition coefficient (Wildman–Crippen LogP) is 3.84. The zero-order chi connectivity index (χ0) is 53.0. The van der Waals surface area contributed by atoms with Gasteiger partial charge in [-0.15, -0.1) is 11.3 Å². The number of nitrogens with one attached hydrogen (secondary N) is 2. The lowest BCUT2D eigenvalue weighted by molar-refractivity contribution is -0.156. The largest absolute Gasteiger partial charge is 0.399 e. The molecule has 5 aromatic rings. The molecular weight excluding hydrogens is 1010 g/mol. The highest BCUT2D eigenvalue weighted by atomic mass is 32.1. The van der Waals surface area contributed by atoms with E-state index in [-0.39, 0.29) is 79.9 Å². The first-order valence-electron chi connectivity index (χ1n) is 24.2. The number of piperazine rings is 1. The second kappa shape index (κ2) is 20.4. The molecule has 1 unspecified atom stereocenters. The molecule has 4 N–H and O–H groups in total. The first-order chi connectivity index (χ1) is 35.0. The Morgan fingerprint density at radius 1 is 0.905 bits per heavy atom. The summed E-state index contributed by atoms with van der Waals surface area (Å²) >= 11 is 0.940. The number of halogens is 2. The average Bonchev–Trinajstić information content (AvgIpc) is 4.07. The Morgan fingerprint density at radius 2 is 1.64 bits per heavy atom. The summed E-state index contributed by atoms with van der Waals surface area (Å²) in [6.45, 7) is 7.05. The van der Waals surface area contributed by atoms with Gasteiger partial charge in [0.2, 0.25) is 29.5 Å². The van der Waals surface area contributed by atoms with E-state index in [1.54, 1.807) is 43.7 Å². The quantitative estimate of drug-likeness (QED) is 0.103. The van der Waals surface area contributed by atoms with Gasteiger partial charge in [0.15, 0.2) is 0 Å². The molecule has 3 aromatic carbocycles. The Labute approximate surface area is 427 Å². The number of carbonyl (C=O) groups excluding carboxylic acids is 6. The van der Waals surface area contributed by atoms with E-state index in [2.05, 4.69) is 15.5 Å². The SMILES string of the molecule is Cn1c(=O)n(C2CCC(=O)NC2=O)c2ccc(N3CCN(C(=O)CO[C@@H]4CCN(C(=O)[C@@H](NC(=O)c5cc6cc(C(F)(F)P(=O)(O)O)ccc6s5)C(C)(C)C)[C@@H]4C(=O)N4CCO[C@H](c5ccccc5)C4)CC3)cc21. The van der Waals surface area contributed by atoms with Crippen LogP contribution < -0.4 is 21.2 Å². The van der Waals surface area contributed by atoms with E-state index < -0.39 is 78.2 Å². The molecule has 0 saturated carbocycles. The molecular formula is C50H57F2N8O12PS. The van der Waals surface area contributed by atoms with E-state index in [0.29, 0.717) is 41.9 Å². The molecule has 2 aromatic heterocycles. The number of morpholine rings is 1. The number of nitrogens with zero attached hydrogens (tertiary/aromatic N) is 6. The van der Waals surface area contributed by atoms with Crippen LogP contribution in [-0.2, 0) is 50.7 Å². The first kappa shape index (κ1) is 52.5. The van der Waals surface area contributed by atoms with Crippen LogP contribution >= 0.6 is 18.9 Å². The zero-order valence-electron chi connectivity index (χ0n) is 41.1. The molecule has 0 radical (unpaired) electrons. The third kappa shape index (κ3) is 10.2. The lowest BCUT2D eigenvalue weighted by atomic mass is 9.85. The summed E-state index contributed by atoms with van der Waals surface area (Å²) in [7, 11) is -4.24. The number of ether oxygens (including phenoxy) is 2. The van der Waals surface area contributed by atoms with Crippen molar-refractivity contribution in [1.82, 2.24) is 34.5 Å². The van der Waals surface area contributed by atoms with Crippen molar-refractivity contribution >= 4 is 81.2 Å². The second-order valence-electron chi connectivity index (χ2n) is 20.1. The summed E-state index contributed by atoms with van der Waals surface area (Å²) in [5.74, 6) is -2.93. The van der Waals surface area contributed by atoms with Crippen LogP contribution in [0.2, 0.25) is 0 Å². The van der Waals surface area contributed by atoms with Gasteiger partial charge < -0.3 is 44.2 Å². The van der Waals surface area contributed by atoms with Gasteiger partial charge in [0.1, 0.15) is 30.8 Å². The maximum atomic E-state index is 14.9. The van der Waals surface area contributed by atoms with Gasteiger partial charge in [0.25, 0.3) is 5.91 Å². The fraction of sp³-hybridized carbons (Fsp3) is 0.460. The number of alkyl halides is 2. The summed E-state index contributed by atoms with van der Waals surface area (Å²) in [5.41, 5.74) is -3.87. The summed E-state index contributed by atoms with van der Waals surface area (Å²) < 4.78 is 56.5. The van der Waals surface area contributed by atoms with Crippen LogP contribution in [0.25, 0.3) is 21.1 Å². The fourth-order valence-corrected chi connectivity index (χ4v) is 11.6. The molecule has 24 heteroatoms. The highest BCUT2D eigenvalue weighted by molar-refractivity contribution is 7.52. The number of rotatable bonds is 12. The van der Waals surface area contributed by atoms with Crippen molar-refractivity contribution in [2.45, 2.75) is 76.0 Å². The number of aryl methyl sites for hydroxylation is 1. The number of benzene rings is 3. The van der Waals surface area contributed by atoms with Gasteiger partial charge in [-0.05, 0) is 65.6 Å². The molecule has 5 atom stereocenters. The van der Waals surface area contributed by atoms with Crippen molar-refractivity contribution in [1.29, 1.82) is 0 Å². The molecule has 6 heterocycles. The van der Waals surface area contributed by atoms with Crippen molar-refractivity contribution < 1.29 is 61.4 Å². The van der Waals surface area contributed by atoms with Gasteiger partial charge in [-0.25, -0.2) is 4.79 Å². The van der Waals surface area contributed by atoms with Crippen molar-refractivity contribution in [3.05, 3.63) is 99.3 Å². The number of imide groups is 1. The average molecular weight is 1060 g/mol. The number of likely N-dealkylation sites (tertiary alicyclic amines) is 1. The third-order valence-electron chi connectivity index (χ3n) is 14.3. The van der Waals surface area contributed by atoms with Gasteiger partial charge in [-0.2, -0.15) is 8.78 Å². The second-order valence-corrected chi connectivity index (χ2v) is 22.8. The van der Waals surface area contributed by atoms with Crippen LogP contribution in [0, 0.1) is 5.41 Å². The number of thiophene rings is 1. The molecule has 4 fully saturated rings. The number of anilines is 1. The van der Waals surface area contributed by atoms with E-state index in [9.17, 15) is 56.7 Å². The van der Waals surface area contributed by atoms with Gasteiger partial charge >= 0.3 is 18.9 Å². The van der Waals surface area contributed by atoms with Crippen LogP contribution in [-0.4, -0.2) is 146 Å². The Hall–Kier alpha value is -6.36. The number of aromatic nitrogens is 2. The Balaban J connectivity index is 0.899. The van der Waals surface area contributed by atoms with Crippen LogP contribution in [0.15, 0.2) is 77.6 Å². The van der Waals surface area contributed by atoms with Gasteiger partial charge in [-0.1, -0.05) is 57.2 Å². The van der Waals surface area contributed by atoms with Gasteiger partial charge in [-0.3, -0.25) is 47.8 Å².